The smallest absolute Gasteiger partial charge is 0.478 e. The van der Waals surface area contributed by atoms with Gasteiger partial charge in [0.1, 0.15) is 5.69 Å². The van der Waals surface area contributed by atoms with E-state index in [2.05, 4.69) is 10.1 Å². The Hall–Kier alpha value is -3.20. The number of aryl methyl sites for hydroxylation is 1. The summed E-state index contributed by atoms with van der Waals surface area (Å²) < 4.78 is 43.6. The highest BCUT2D eigenvalue weighted by molar-refractivity contribution is 6.31. The maximum absolute atomic E-state index is 12.8. The largest absolute Gasteiger partial charge is 0.573 e. The predicted molar refractivity (Wildman–Crippen MR) is 104 cm³/mol. The molecule has 2 N–H and O–H groups in total. The first-order valence-corrected chi connectivity index (χ1v) is 9.03. The molecule has 0 spiro atoms. The molecule has 0 fully saturated rings. The number of fused-ring (bicyclic) bond motifs is 1. The lowest BCUT2D eigenvalue weighted by atomic mass is 10.1. The minimum Gasteiger partial charge on any atom is -0.478 e. The lowest BCUT2D eigenvalue weighted by molar-refractivity contribution is -0.274. The summed E-state index contributed by atoms with van der Waals surface area (Å²) in [5.74, 6) is -2.11. The van der Waals surface area contributed by atoms with Gasteiger partial charge >= 0.3 is 12.3 Å². The van der Waals surface area contributed by atoms with Crippen molar-refractivity contribution in [3.05, 3.63) is 64.3 Å². The van der Waals surface area contributed by atoms with Gasteiger partial charge < -0.3 is 19.7 Å². The zero-order chi connectivity index (χ0) is 22.2. The third-order valence-electron chi connectivity index (χ3n) is 4.52. The van der Waals surface area contributed by atoms with Crippen LogP contribution in [0.25, 0.3) is 10.9 Å². The Balaban J connectivity index is 1.90. The number of aromatic nitrogens is 1. The van der Waals surface area contributed by atoms with E-state index in [4.69, 9.17) is 16.7 Å². The van der Waals surface area contributed by atoms with E-state index in [1.54, 1.807) is 19.1 Å². The second-order valence-corrected chi connectivity index (χ2v) is 7.04. The molecule has 2 aromatic carbocycles. The van der Waals surface area contributed by atoms with Crippen molar-refractivity contribution in [2.24, 2.45) is 7.05 Å². The van der Waals surface area contributed by atoms with Gasteiger partial charge in [0.15, 0.2) is 5.75 Å². The molecule has 0 aliphatic rings. The maximum atomic E-state index is 12.8. The second kappa shape index (κ2) is 7.91. The molecule has 1 aromatic heterocycles. The standard InChI is InChI=1S/C20H16ClF3N2O4/c1-10(11-3-5-12(6-4-11)19(28)29)25-18(27)15-8-13-7-14(21)9-16(17(13)26(15)2)30-20(22,23)24/h3-10H,1-2H3,(H,25,27)(H,28,29)/t10-/m1/s1. The van der Waals surface area contributed by atoms with Crippen molar-refractivity contribution >= 4 is 34.4 Å². The average Bonchev–Trinajstić information content (AvgIpc) is 2.97. The van der Waals surface area contributed by atoms with E-state index in [1.807, 2.05) is 0 Å². The van der Waals surface area contributed by atoms with Crippen LogP contribution < -0.4 is 10.1 Å². The van der Waals surface area contributed by atoms with Crippen molar-refractivity contribution in [2.75, 3.05) is 0 Å². The summed E-state index contributed by atoms with van der Waals surface area (Å²) in [5.41, 5.74) is 0.949. The second-order valence-electron chi connectivity index (χ2n) is 6.60. The molecule has 3 rings (SSSR count). The fraction of sp³-hybridized carbons (Fsp3) is 0.200. The van der Waals surface area contributed by atoms with Crippen LogP contribution in [0.4, 0.5) is 13.2 Å². The van der Waals surface area contributed by atoms with E-state index in [0.29, 0.717) is 10.9 Å². The summed E-state index contributed by atoms with van der Waals surface area (Å²) >= 11 is 5.89. The predicted octanol–water partition coefficient (Wildman–Crippen LogP) is 4.92. The zero-order valence-electron chi connectivity index (χ0n) is 15.7. The molecule has 0 bridgehead atoms. The number of rotatable bonds is 5. The highest BCUT2D eigenvalue weighted by Crippen LogP contribution is 2.35. The first-order chi connectivity index (χ1) is 14.0. The first kappa shape index (κ1) is 21.5. The Labute approximate surface area is 173 Å². The van der Waals surface area contributed by atoms with Crippen molar-refractivity contribution in [3.8, 4) is 5.75 Å². The summed E-state index contributed by atoms with van der Waals surface area (Å²) in [6.07, 6.45) is -4.92. The zero-order valence-corrected chi connectivity index (χ0v) is 16.5. The topological polar surface area (TPSA) is 80.6 Å². The van der Waals surface area contributed by atoms with Crippen LogP contribution in [0.15, 0.2) is 42.5 Å². The molecule has 0 saturated carbocycles. The Kier molecular flexibility index (Phi) is 5.67. The van der Waals surface area contributed by atoms with Crippen molar-refractivity contribution in [1.82, 2.24) is 9.88 Å². The molecule has 6 nitrogen and oxygen atoms in total. The van der Waals surface area contributed by atoms with Gasteiger partial charge in [-0.2, -0.15) is 0 Å². The summed E-state index contributed by atoms with van der Waals surface area (Å²) in [6, 6.07) is 9.39. The SMILES string of the molecule is C[C@@H](NC(=O)c1cc2cc(Cl)cc(OC(F)(F)F)c2n1C)c1ccc(C(=O)O)cc1. The molecule has 0 aliphatic heterocycles. The highest BCUT2D eigenvalue weighted by Gasteiger charge is 2.33. The van der Waals surface area contributed by atoms with Gasteiger partial charge in [-0.25, -0.2) is 4.79 Å². The van der Waals surface area contributed by atoms with Crippen LogP contribution in [0.1, 0.15) is 39.4 Å². The molecule has 10 heteroatoms. The van der Waals surface area contributed by atoms with Gasteiger partial charge in [0, 0.05) is 23.5 Å². The fourth-order valence-electron chi connectivity index (χ4n) is 3.12. The fourth-order valence-corrected chi connectivity index (χ4v) is 3.33. The van der Waals surface area contributed by atoms with Crippen LogP contribution in [0.5, 0.6) is 5.75 Å². The molecule has 1 amide bonds. The van der Waals surface area contributed by atoms with E-state index in [9.17, 15) is 22.8 Å². The van der Waals surface area contributed by atoms with Crippen LogP contribution in [-0.2, 0) is 7.05 Å². The normalized spacial score (nSPS) is 12.6. The number of nitrogens with zero attached hydrogens (tertiary/aromatic N) is 1. The van der Waals surface area contributed by atoms with Gasteiger partial charge in [-0.1, -0.05) is 23.7 Å². The average molecular weight is 441 g/mol. The molecule has 0 unspecified atom stereocenters. The van der Waals surface area contributed by atoms with E-state index in [1.165, 1.54) is 35.9 Å². The van der Waals surface area contributed by atoms with Crippen molar-refractivity contribution < 1.29 is 32.6 Å². The van der Waals surface area contributed by atoms with Crippen LogP contribution in [-0.4, -0.2) is 27.9 Å². The Morgan fingerprint density at radius 2 is 1.80 bits per heavy atom. The highest BCUT2D eigenvalue weighted by atomic mass is 35.5. The Morgan fingerprint density at radius 1 is 1.17 bits per heavy atom. The van der Waals surface area contributed by atoms with Gasteiger partial charge in [-0.15, -0.1) is 13.2 Å². The summed E-state index contributed by atoms with van der Waals surface area (Å²) in [4.78, 5) is 23.7. The minimum atomic E-state index is -4.92. The van der Waals surface area contributed by atoms with Crippen LogP contribution in [0.2, 0.25) is 5.02 Å². The monoisotopic (exact) mass is 440 g/mol. The number of hydrogen-bond acceptors (Lipinski definition) is 3. The minimum absolute atomic E-state index is 0.0335. The number of hydrogen-bond donors (Lipinski definition) is 2. The van der Waals surface area contributed by atoms with E-state index < -0.39 is 30.0 Å². The van der Waals surface area contributed by atoms with Crippen molar-refractivity contribution in [1.29, 1.82) is 0 Å². The van der Waals surface area contributed by atoms with Gasteiger partial charge in [0.25, 0.3) is 5.91 Å². The lowest BCUT2D eigenvalue weighted by Crippen LogP contribution is -2.28. The molecule has 1 heterocycles. The number of nitrogens with one attached hydrogen (secondary N) is 1. The Bertz CT molecular complexity index is 1120. The van der Waals surface area contributed by atoms with E-state index in [0.717, 1.165) is 6.07 Å². The number of carbonyl (C=O) groups excluding carboxylic acids is 1. The molecule has 0 radical (unpaired) electrons. The van der Waals surface area contributed by atoms with Gasteiger partial charge in [-0.3, -0.25) is 4.79 Å². The summed E-state index contributed by atoms with van der Waals surface area (Å²) in [6.45, 7) is 1.70. The first-order valence-electron chi connectivity index (χ1n) is 8.65. The quantitative estimate of drug-likeness (QED) is 0.590. The van der Waals surface area contributed by atoms with E-state index >= 15 is 0 Å². The van der Waals surface area contributed by atoms with Crippen LogP contribution in [0.3, 0.4) is 0 Å². The van der Waals surface area contributed by atoms with Gasteiger partial charge in [0.05, 0.1) is 17.1 Å². The van der Waals surface area contributed by atoms with Crippen LogP contribution in [0, 0.1) is 0 Å². The third kappa shape index (κ3) is 4.51. The van der Waals surface area contributed by atoms with Crippen molar-refractivity contribution in [2.45, 2.75) is 19.3 Å². The molecule has 3 aromatic rings. The number of halogens is 4. The molecule has 158 valence electrons. The molecular weight excluding hydrogens is 425 g/mol. The van der Waals surface area contributed by atoms with Crippen molar-refractivity contribution in [3.63, 3.8) is 0 Å². The van der Waals surface area contributed by atoms with Crippen LogP contribution >= 0.6 is 11.6 Å². The molecule has 1 atom stereocenters. The molecule has 30 heavy (non-hydrogen) atoms. The number of amides is 1. The summed E-state index contributed by atoms with van der Waals surface area (Å²) in [5, 5.41) is 12.0. The van der Waals surface area contributed by atoms with E-state index in [-0.39, 0.29) is 21.8 Å². The molecule has 0 saturated heterocycles. The lowest BCUT2D eigenvalue weighted by Gasteiger charge is -2.15. The maximum Gasteiger partial charge on any atom is 0.573 e. The number of ether oxygens (including phenoxy) is 1. The Morgan fingerprint density at radius 3 is 2.37 bits per heavy atom. The number of benzene rings is 2. The van der Waals surface area contributed by atoms with Gasteiger partial charge in [0.2, 0.25) is 0 Å². The third-order valence-corrected chi connectivity index (χ3v) is 4.74. The number of alkyl halides is 3. The summed E-state index contributed by atoms with van der Waals surface area (Å²) in [7, 11) is 1.45. The number of carboxylic acids is 1. The molecular formula is C20H16ClF3N2O4. The van der Waals surface area contributed by atoms with Gasteiger partial charge in [-0.05, 0) is 36.8 Å². The molecule has 0 aliphatic carbocycles. The number of carboxylic acid groups (broad SMARTS) is 1. The number of aromatic carboxylic acids is 1. The number of carbonyl (C=O) groups is 2.